The van der Waals surface area contributed by atoms with Crippen LogP contribution in [0.2, 0.25) is 0 Å². The van der Waals surface area contributed by atoms with Crippen molar-refractivity contribution in [2.45, 2.75) is 32.4 Å². The van der Waals surface area contributed by atoms with Gasteiger partial charge >= 0.3 is 0 Å². The summed E-state index contributed by atoms with van der Waals surface area (Å²) in [5, 5.41) is 9.27. The van der Waals surface area contributed by atoms with Crippen LogP contribution in [0, 0.1) is 18.3 Å². The summed E-state index contributed by atoms with van der Waals surface area (Å²) in [6.45, 7) is 2.55. The molecule has 2 aromatic rings. The van der Waals surface area contributed by atoms with E-state index in [2.05, 4.69) is 6.07 Å². The van der Waals surface area contributed by atoms with Crippen LogP contribution in [0.4, 0.5) is 0 Å². The third-order valence-electron chi connectivity index (χ3n) is 4.58. The molecule has 24 heavy (non-hydrogen) atoms. The maximum atomic E-state index is 12.7. The number of aryl methyl sites for hydroxylation is 1. The van der Waals surface area contributed by atoms with Gasteiger partial charge in [0.15, 0.2) is 0 Å². The summed E-state index contributed by atoms with van der Waals surface area (Å²) in [4.78, 5) is 14.5. The summed E-state index contributed by atoms with van der Waals surface area (Å²) in [5.74, 6) is 0.864. The second kappa shape index (κ2) is 6.76. The van der Waals surface area contributed by atoms with Crippen LogP contribution in [-0.4, -0.2) is 17.9 Å². The van der Waals surface area contributed by atoms with Gasteiger partial charge < -0.3 is 9.64 Å². The van der Waals surface area contributed by atoms with Crippen molar-refractivity contribution in [2.75, 3.05) is 7.11 Å². The summed E-state index contributed by atoms with van der Waals surface area (Å²) >= 11 is 0. The maximum absolute atomic E-state index is 12.7. The minimum atomic E-state index is -0.186. The smallest absolute Gasteiger partial charge is 0.227 e. The molecule has 1 unspecified atom stereocenters. The van der Waals surface area contributed by atoms with E-state index < -0.39 is 0 Å². The Balaban J connectivity index is 1.94. The number of hydrogen-bond acceptors (Lipinski definition) is 3. The van der Waals surface area contributed by atoms with Gasteiger partial charge in [-0.15, -0.1) is 0 Å². The number of nitrogens with zero attached hydrogens (tertiary/aromatic N) is 2. The highest BCUT2D eigenvalue weighted by Crippen LogP contribution is 2.36. The van der Waals surface area contributed by atoms with Gasteiger partial charge in [0.1, 0.15) is 5.75 Å². The van der Waals surface area contributed by atoms with Crippen LogP contribution in [0.15, 0.2) is 42.5 Å². The average Bonchev–Trinajstić information content (AvgIpc) is 2.58. The summed E-state index contributed by atoms with van der Waals surface area (Å²) in [7, 11) is 1.63. The molecule has 1 atom stereocenters. The van der Waals surface area contributed by atoms with Crippen molar-refractivity contribution in [3.8, 4) is 11.8 Å². The lowest BCUT2D eigenvalue weighted by Gasteiger charge is -2.37. The predicted octanol–water partition coefficient (Wildman–Crippen LogP) is 3.54. The van der Waals surface area contributed by atoms with Gasteiger partial charge in [-0.3, -0.25) is 4.79 Å². The van der Waals surface area contributed by atoms with Gasteiger partial charge in [0.25, 0.3) is 0 Å². The molecule has 2 aromatic carbocycles. The Morgan fingerprint density at radius 1 is 1.25 bits per heavy atom. The number of amides is 1. The highest BCUT2D eigenvalue weighted by atomic mass is 16.5. The first kappa shape index (κ1) is 16.1. The number of nitriles is 1. The number of benzene rings is 2. The molecule has 0 radical (unpaired) electrons. The summed E-state index contributed by atoms with van der Waals surface area (Å²) in [6, 6.07) is 15.8. The average molecular weight is 320 g/mol. The number of fused-ring (bicyclic) bond motifs is 1. The van der Waals surface area contributed by atoms with Crippen LogP contribution in [0.5, 0.6) is 5.75 Å². The van der Waals surface area contributed by atoms with E-state index in [1.54, 1.807) is 7.11 Å². The summed E-state index contributed by atoms with van der Waals surface area (Å²) in [6.07, 6.45) is 0.703. The standard InChI is InChI=1S/C20H20N2O2/c1-14-4-3-5-16-12-19(23)22(18(10-11-21)20(14)16)13-15-6-8-17(24-2)9-7-15/h3-9,18H,10,12-13H2,1-2H3. The van der Waals surface area contributed by atoms with Crippen LogP contribution in [0.25, 0.3) is 0 Å². The topological polar surface area (TPSA) is 53.3 Å². The number of rotatable bonds is 4. The molecule has 0 bridgehead atoms. The van der Waals surface area contributed by atoms with E-state index in [-0.39, 0.29) is 11.9 Å². The Hall–Kier alpha value is -2.80. The Bertz CT molecular complexity index is 790. The molecule has 122 valence electrons. The van der Waals surface area contributed by atoms with Gasteiger partial charge in [0.2, 0.25) is 5.91 Å². The zero-order valence-corrected chi connectivity index (χ0v) is 14.0. The van der Waals surface area contributed by atoms with Crippen molar-refractivity contribution >= 4 is 5.91 Å². The first-order chi connectivity index (χ1) is 11.6. The lowest BCUT2D eigenvalue weighted by Crippen LogP contribution is -2.40. The van der Waals surface area contributed by atoms with E-state index in [0.717, 1.165) is 28.0 Å². The van der Waals surface area contributed by atoms with Gasteiger partial charge in [0, 0.05) is 6.54 Å². The van der Waals surface area contributed by atoms with Crippen LogP contribution >= 0.6 is 0 Å². The fourth-order valence-electron chi connectivity index (χ4n) is 3.39. The third-order valence-corrected chi connectivity index (χ3v) is 4.58. The van der Waals surface area contributed by atoms with E-state index >= 15 is 0 Å². The number of hydrogen-bond donors (Lipinski definition) is 0. The molecule has 4 heteroatoms. The highest BCUT2D eigenvalue weighted by Gasteiger charge is 2.33. The molecule has 0 saturated carbocycles. The molecular formula is C20H20N2O2. The Morgan fingerprint density at radius 3 is 2.67 bits per heavy atom. The molecule has 4 nitrogen and oxygen atoms in total. The predicted molar refractivity (Wildman–Crippen MR) is 91.4 cm³/mol. The molecular weight excluding hydrogens is 300 g/mol. The van der Waals surface area contributed by atoms with E-state index in [1.807, 2.05) is 54.3 Å². The lowest BCUT2D eigenvalue weighted by molar-refractivity contribution is -0.134. The number of carbonyl (C=O) groups is 1. The molecule has 1 amide bonds. The Morgan fingerprint density at radius 2 is 2.00 bits per heavy atom. The molecule has 0 spiro atoms. The van der Waals surface area contributed by atoms with E-state index in [1.165, 1.54) is 0 Å². The van der Waals surface area contributed by atoms with Gasteiger partial charge in [-0.25, -0.2) is 0 Å². The van der Waals surface area contributed by atoms with Crippen molar-refractivity contribution in [1.29, 1.82) is 5.26 Å². The number of ether oxygens (including phenoxy) is 1. The van der Waals surface area contributed by atoms with Crippen molar-refractivity contribution in [3.05, 3.63) is 64.7 Å². The molecule has 0 aromatic heterocycles. The summed E-state index contributed by atoms with van der Waals surface area (Å²) in [5.41, 5.74) is 4.35. The zero-order chi connectivity index (χ0) is 17.1. The van der Waals surface area contributed by atoms with Crippen LogP contribution < -0.4 is 4.74 Å². The molecule has 3 rings (SSSR count). The van der Waals surface area contributed by atoms with Crippen molar-refractivity contribution in [2.24, 2.45) is 0 Å². The normalized spacial score (nSPS) is 16.5. The minimum Gasteiger partial charge on any atom is -0.497 e. The van der Waals surface area contributed by atoms with Gasteiger partial charge in [-0.2, -0.15) is 5.26 Å². The van der Waals surface area contributed by atoms with Crippen molar-refractivity contribution in [3.63, 3.8) is 0 Å². The molecule has 0 N–H and O–H groups in total. The third kappa shape index (κ3) is 2.98. The van der Waals surface area contributed by atoms with E-state index in [0.29, 0.717) is 19.4 Å². The molecule has 1 heterocycles. The monoisotopic (exact) mass is 320 g/mol. The van der Waals surface area contributed by atoms with Crippen LogP contribution in [-0.2, 0) is 17.8 Å². The number of carbonyl (C=O) groups excluding carboxylic acids is 1. The molecule has 1 aliphatic rings. The molecule has 0 fully saturated rings. The zero-order valence-electron chi connectivity index (χ0n) is 14.0. The maximum Gasteiger partial charge on any atom is 0.227 e. The Labute approximate surface area is 142 Å². The van der Waals surface area contributed by atoms with E-state index in [9.17, 15) is 10.1 Å². The molecule has 0 saturated heterocycles. The molecule has 1 aliphatic heterocycles. The van der Waals surface area contributed by atoms with Crippen molar-refractivity contribution < 1.29 is 9.53 Å². The number of methoxy groups -OCH3 is 1. The highest BCUT2D eigenvalue weighted by molar-refractivity contribution is 5.82. The second-order valence-electron chi connectivity index (χ2n) is 6.07. The Kier molecular flexibility index (Phi) is 4.52. The first-order valence-electron chi connectivity index (χ1n) is 8.01. The molecule has 0 aliphatic carbocycles. The van der Waals surface area contributed by atoms with Gasteiger partial charge in [-0.05, 0) is 41.3 Å². The fourth-order valence-corrected chi connectivity index (χ4v) is 3.39. The minimum absolute atomic E-state index is 0.0733. The van der Waals surface area contributed by atoms with Crippen LogP contribution in [0.1, 0.15) is 34.7 Å². The van der Waals surface area contributed by atoms with Crippen molar-refractivity contribution in [1.82, 2.24) is 4.90 Å². The quantitative estimate of drug-likeness (QED) is 0.866. The second-order valence-corrected chi connectivity index (χ2v) is 6.07. The lowest BCUT2D eigenvalue weighted by atomic mass is 9.87. The van der Waals surface area contributed by atoms with Gasteiger partial charge in [0.05, 0.1) is 32.1 Å². The first-order valence-corrected chi connectivity index (χ1v) is 8.01. The van der Waals surface area contributed by atoms with Crippen LogP contribution in [0.3, 0.4) is 0 Å². The summed E-state index contributed by atoms with van der Waals surface area (Å²) < 4.78 is 5.18. The largest absolute Gasteiger partial charge is 0.497 e. The van der Waals surface area contributed by atoms with E-state index in [4.69, 9.17) is 4.74 Å². The SMILES string of the molecule is COc1ccc(CN2C(=O)Cc3cccc(C)c3C2CC#N)cc1. The fraction of sp³-hybridized carbons (Fsp3) is 0.300. The van der Waals surface area contributed by atoms with Gasteiger partial charge in [-0.1, -0.05) is 30.3 Å².